The van der Waals surface area contributed by atoms with Gasteiger partial charge >= 0.3 is 5.97 Å². The molecule has 0 spiro atoms. The lowest BCUT2D eigenvalue weighted by atomic mass is 10.0. The largest absolute Gasteiger partial charge is 0.507 e. The molecule has 25 heavy (non-hydrogen) atoms. The molecular weight excluding hydrogens is 316 g/mol. The van der Waals surface area contributed by atoms with Crippen molar-refractivity contribution in [3.63, 3.8) is 0 Å². The zero-order chi connectivity index (χ0) is 17.8. The molecule has 0 aromatic heterocycles. The number of carbonyl (C=O) groups is 1. The minimum Gasteiger partial charge on any atom is -0.507 e. The van der Waals surface area contributed by atoms with Crippen LogP contribution >= 0.6 is 0 Å². The Balaban J connectivity index is 0.000000160. The minimum absolute atomic E-state index is 0.0671. The first-order valence-corrected chi connectivity index (χ1v) is 7.68. The van der Waals surface area contributed by atoms with E-state index < -0.39 is 5.97 Å². The molecule has 0 aliphatic carbocycles. The first-order chi connectivity index (χ1) is 12.1. The maximum Gasteiger partial charge on any atom is 0.339 e. The van der Waals surface area contributed by atoms with Gasteiger partial charge in [0.05, 0.1) is 0 Å². The molecule has 0 aliphatic heterocycles. The second kappa shape index (κ2) is 6.93. The highest BCUT2D eigenvalue weighted by molar-refractivity contribution is 6.10. The predicted octanol–water partition coefficient (Wildman–Crippen LogP) is 4.79. The van der Waals surface area contributed by atoms with Crippen LogP contribution < -0.4 is 0 Å². The van der Waals surface area contributed by atoms with Crippen LogP contribution in [0.25, 0.3) is 21.5 Å². The highest BCUT2D eigenvalue weighted by atomic mass is 16.4. The van der Waals surface area contributed by atoms with Crippen LogP contribution in [0.2, 0.25) is 0 Å². The number of para-hydroxylation sites is 1. The van der Waals surface area contributed by atoms with E-state index in [1.807, 2.05) is 36.4 Å². The lowest BCUT2D eigenvalue weighted by Gasteiger charge is -2.05. The summed E-state index contributed by atoms with van der Waals surface area (Å²) in [6.07, 6.45) is 0. The summed E-state index contributed by atoms with van der Waals surface area (Å²) in [6, 6.07) is 23.6. The zero-order valence-corrected chi connectivity index (χ0v) is 13.3. The maximum atomic E-state index is 10.3. The standard InChI is InChI=1S/C14H10O.C7H6O3/c15-13-7-3-5-11-9-8-10-4-1-2-6-12(10)14(11)13;8-6-4-2-1-3-5(6)7(9)10/h1-9,15H;1-4,8H,(H,9,10). The van der Waals surface area contributed by atoms with Crippen LogP contribution in [0.1, 0.15) is 10.4 Å². The van der Waals surface area contributed by atoms with Gasteiger partial charge in [-0.15, -0.1) is 0 Å². The number of hydrogen-bond acceptors (Lipinski definition) is 3. The van der Waals surface area contributed by atoms with Crippen molar-refractivity contribution in [2.24, 2.45) is 0 Å². The Morgan fingerprint density at radius 3 is 1.96 bits per heavy atom. The zero-order valence-electron chi connectivity index (χ0n) is 13.3. The summed E-state index contributed by atoms with van der Waals surface area (Å²) >= 11 is 0. The predicted molar refractivity (Wildman–Crippen MR) is 98.2 cm³/mol. The molecular formula is C21H16O4. The van der Waals surface area contributed by atoms with Crippen LogP contribution in [0.4, 0.5) is 0 Å². The van der Waals surface area contributed by atoms with Crippen molar-refractivity contribution in [1.29, 1.82) is 0 Å². The van der Waals surface area contributed by atoms with Crippen LogP contribution in [0.5, 0.6) is 11.5 Å². The van der Waals surface area contributed by atoms with Gasteiger partial charge in [0.15, 0.2) is 0 Å². The number of carboxylic acid groups (broad SMARTS) is 1. The van der Waals surface area contributed by atoms with Gasteiger partial charge in [-0.25, -0.2) is 4.79 Å². The minimum atomic E-state index is -1.11. The van der Waals surface area contributed by atoms with Crippen molar-refractivity contribution in [1.82, 2.24) is 0 Å². The monoisotopic (exact) mass is 332 g/mol. The molecule has 3 N–H and O–H groups in total. The van der Waals surface area contributed by atoms with Crippen molar-refractivity contribution in [3.8, 4) is 11.5 Å². The molecule has 0 bridgehead atoms. The van der Waals surface area contributed by atoms with Gasteiger partial charge < -0.3 is 15.3 Å². The number of phenolic OH excluding ortho intramolecular Hbond substituents is 1. The van der Waals surface area contributed by atoms with E-state index in [1.54, 1.807) is 18.2 Å². The van der Waals surface area contributed by atoms with Crippen LogP contribution in [0.15, 0.2) is 78.9 Å². The van der Waals surface area contributed by atoms with E-state index in [2.05, 4.69) is 12.1 Å². The van der Waals surface area contributed by atoms with Gasteiger partial charge in [-0.05, 0) is 34.4 Å². The number of benzene rings is 4. The fourth-order valence-corrected chi connectivity index (χ4v) is 2.69. The first kappa shape index (κ1) is 16.3. The third-order valence-electron chi connectivity index (χ3n) is 3.88. The molecule has 4 heteroatoms. The summed E-state index contributed by atoms with van der Waals surface area (Å²) in [7, 11) is 0. The third kappa shape index (κ3) is 3.38. The van der Waals surface area contributed by atoms with Gasteiger partial charge in [0.1, 0.15) is 17.1 Å². The van der Waals surface area contributed by atoms with E-state index in [-0.39, 0.29) is 11.3 Å². The summed E-state index contributed by atoms with van der Waals surface area (Å²) in [4.78, 5) is 10.3. The average molecular weight is 332 g/mol. The van der Waals surface area contributed by atoms with E-state index in [9.17, 15) is 9.90 Å². The maximum absolute atomic E-state index is 10.3. The molecule has 124 valence electrons. The van der Waals surface area contributed by atoms with E-state index in [0.717, 1.165) is 21.5 Å². The number of fused-ring (bicyclic) bond motifs is 3. The van der Waals surface area contributed by atoms with Crippen molar-refractivity contribution >= 4 is 27.5 Å². The Kier molecular flexibility index (Phi) is 4.53. The van der Waals surface area contributed by atoms with Gasteiger partial charge in [0.25, 0.3) is 0 Å². The molecule has 0 saturated carbocycles. The SMILES string of the molecule is O=C(O)c1ccccc1O.Oc1cccc2ccc3ccccc3c12. The Morgan fingerprint density at radius 2 is 1.24 bits per heavy atom. The Bertz CT molecular complexity index is 1050. The molecule has 0 aliphatic rings. The molecule has 4 aromatic carbocycles. The summed E-state index contributed by atoms with van der Waals surface area (Å²) < 4.78 is 0. The van der Waals surface area contributed by atoms with E-state index in [1.165, 1.54) is 12.1 Å². The van der Waals surface area contributed by atoms with Crippen LogP contribution in [0.3, 0.4) is 0 Å². The van der Waals surface area contributed by atoms with E-state index >= 15 is 0 Å². The smallest absolute Gasteiger partial charge is 0.339 e. The molecule has 0 heterocycles. The topological polar surface area (TPSA) is 77.8 Å². The summed E-state index contributed by atoms with van der Waals surface area (Å²) in [6.45, 7) is 0. The van der Waals surface area contributed by atoms with Crippen molar-refractivity contribution in [2.75, 3.05) is 0 Å². The number of aromatic hydroxyl groups is 2. The summed E-state index contributed by atoms with van der Waals surface area (Å²) in [5.41, 5.74) is -0.0671. The van der Waals surface area contributed by atoms with Crippen molar-refractivity contribution in [3.05, 3.63) is 84.4 Å². The van der Waals surface area contributed by atoms with Crippen LogP contribution in [-0.4, -0.2) is 21.3 Å². The Hall–Kier alpha value is -3.53. The molecule has 0 amide bonds. The lowest BCUT2D eigenvalue weighted by Crippen LogP contribution is -1.95. The second-order valence-corrected chi connectivity index (χ2v) is 5.48. The van der Waals surface area contributed by atoms with Gasteiger partial charge in [0.2, 0.25) is 0 Å². The summed E-state index contributed by atoms with van der Waals surface area (Å²) in [5.74, 6) is -0.961. The van der Waals surface area contributed by atoms with Gasteiger partial charge in [-0.1, -0.05) is 60.7 Å². The number of aromatic carboxylic acids is 1. The van der Waals surface area contributed by atoms with Crippen molar-refractivity contribution < 1.29 is 20.1 Å². The molecule has 4 nitrogen and oxygen atoms in total. The number of phenols is 2. The number of carboxylic acids is 1. The van der Waals surface area contributed by atoms with Crippen LogP contribution in [0, 0.1) is 0 Å². The fourth-order valence-electron chi connectivity index (χ4n) is 2.69. The average Bonchev–Trinajstić information content (AvgIpc) is 2.62. The summed E-state index contributed by atoms with van der Waals surface area (Å²) in [5, 5.41) is 31.5. The van der Waals surface area contributed by atoms with E-state index in [0.29, 0.717) is 5.75 Å². The van der Waals surface area contributed by atoms with E-state index in [4.69, 9.17) is 10.2 Å². The van der Waals surface area contributed by atoms with Crippen molar-refractivity contribution in [2.45, 2.75) is 0 Å². The molecule has 0 radical (unpaired) electrons. The number of rotatable bonds is 1. The molecule has 0 fully saturated rings. The lowest BCUT2D eigenvalue weighted by molar-refractivity contribution is 0.0693. The number of hydrogen-bond donors (Lipinski definition) is 3. The fraction of sp³-hybridized carbons (Fsp3) is 0. The molecule has 0 unspecified atom stereocenters. The molecule has 0 atom stereocenters. The van der Waals surface area contributed by atoms with Gasteiger partial charge in [0, 0.05) is 5.39 Å². The molecule has 4 rings (SSSR count). The quantitative estimate of drug-likeness (QED) is 0.438. The molecule has 4 aromatic rings. The Morgan fingerprint density at radius 1 is 0.640 bits per heavy atom. The van der Waals surface area contributed by atoms with Crippen LogP contribution in [-0.2, 0) is 0 Å². The first-order valence-electron chi connectivity index (χ1n) is 7.68. The van der Waals surface area contributed by atoms with Gasteiger partial charge in [-0.2, -0.15) is 0 Å². The normalized spacial score (nSPS) is 10.2. The van der Waals surface area contributed by atoms with Gasteiger partial charge in [-0.3, -0.25) is 0 Å². The second-order valence-electron chi connectivity index (χ2n) is 5.48. The Labute approximate surface area is 144 Å². The molecule has 0 saturated heterocycles. The third-order valence-corrected chi connectivity index (χ3v) is 3.88. The highest BCUT2D eigenvalue weighted by Crippen LogP contribution is 2.31. The highest BCUT2D eigenvalue weighted by Gasteiger charge is 2.05.